The summed E-state index contributed by atoms with van der Waals surface area (Å²) in [5, 5.41) is 8.70. The monoisotopic (exact) mass is 217 g/mol. The molecule has 0 unspecified atom stereocenters. The van der Waals surface area contributed by atoms with Crippen molar-refractivity contribution in [1.29, 1.82) is 5.26 Å². The third-order valence-corrected chi connectivity index (χ3v) is 2.62. The minimum Gasteiger partial charge on any atom is -0.372 e. The Morgan fingerprint density at radius 1 is 1.38 bits per heavy atom. The fraction of sp³-hybridized carbons (Fsp3) is 0.500. The Labute approximate surface area is 95.5 Å². The maximum absolute atomic E-state index is 8.70. The lowest BCUT2D eigenvalue weighted by Gasteiger charge is -2.36. The second-order valence-corrected chi connectivity index (χ2v) is 4.18. The lowest BCUT2D eigenvalue weighted by molar-refractivity contribution is -0.00545. The fourth-order valence-electron chi connectivity index (χ4n) is 2.00. The number of hydrogen-bond acceptors (Lipinski definition) is 4. The van der Waals surface area contributed by atoms with E-state index in [1.165, 1.54) is 0 Å². The first-order valence-corrected chi connectivity index (χ1v) is 5.45. The van der Waals surface area contributed by atoms with Crippen molar-refractivity contribution in [3.05, 3.63) is 23.9 Å². The van der Waals surface area contributed by atoms with Crippen molar-refractivity contribution in [3.8, 4) is 6.07 Å². The molecule has 1 aliphatic rings. The summed E-state index contributed by atoms with van der Waals surface area (Å²) >= 11 is 0. The van der Waals surface area contributed by atoms with Gasteiger partial charge in [0.2, 0.25) is 0 Å². The maximum atomic E-state index is 8.70. The van der Waals surface area contributed by atoms with Crippen molar-refractivity contribution >= 4 is 5.82 Å². The Bertz CT molecular complexity index is 386. The van der Waals surface area contributed by atoms with Gasteiger partial charge in [0.15, 0.2) is 0 Å². The van der Waals surface area contributed by atoms with Gasteiger partial charge in [-0.25, -0.2) is 4.98 Å². The molecule has 2 heterocycles. The Balaban J connectivity index is 2.14. The molecular formula is C12H15N3O. The molecule has 2 rings (SSSR count). The van der Waals surface area contributed by atoms with Crippen molar-refractivity contribution < 1.29 is 4.74 Å². The standard InChI is InChI=1S/C12H15N3O/c1-9-7-15(8-10(2)16-9)12-4-3-11(5-13)6-14-12/h3-4,6,9-10H,7-8H2,1-2H3/t9-,10-/m0/s1. The number of pyridine rings is 1. The van der Waals surface area contributed by atoms with E-state index in [2.05, 4.69) is 29.8 Å². The average Bonchev–Trinajstić information content (AvgIpc) is 2.28. The van der Waals surface area contributed by atoms with E-state index >= 15 is 0 Å². The number of rotatable bonds is 1. The lowest BCUT2D eigenvalue weighted by atomic mass is 10.2. The largest absolute Gasteiger partial charge is 0.372 e. The zero-order chi connectivity index (χ0) is 11.5. The molecular weight excluding hydrogens is 202 g/mol. The van der Waals surface area contributed by atoms with Crippen molar-refractivity contribution in [2.24, 2.45) is 0 Å². The molecule has 1 aliphatic heterocycles. The van der Waals surface area contributed by atoms with Crippen LogP contribution in [0.3, 0.4) is 0 Å². The number of nitrogens with zero attached hydrogens (tertiary/aromatic N) is 3. The minimum absolute atomic E-state index is 0.223. The zero-order valence-electron chi connectivity index (χ0n) is 9.55. The molecule has 0 aromatic carbocycles. The first kappa shape index (κ1) is 10.9. The Hall–Kier alpha value is -1.60. The highest BCUT2D eigenvalue weighted by molar-refractivity contribution is 5.42. The Morgan fingerprint density at radius 3 is 2.56 bits per heavy atom. The van der Waals surface area contributed by atoms with Crippen LogP contribution in [0.15, 0.2) is 18.3 Å². The van der Waals surface area contributed by atoms with Gasteiger partial charge >= 0.3 is 0 Å². The van der Waals surface area contributed by atoms with Gasteiger partial charge in [-0.05, 0) is 26.0 Å². The second kappa shape index (κ2) is 4.50. The summed E-state index contributed by atoms with van der Waals surface area (Å²) in [5.74, 6) is 0.918. The number of nitriles is 1. The number of hydrogen-bond donors (Lipinski definition) is 0. The molecule has 1 fully saturated rings. The highest BCUT2D eigenvalue weighted by Gasteiger charge is 2.22. The third-order valence-electron chi connectivity index (χ3n) is 2.62. The summed E-state index contributed by atoms with van der Waals surface area (Å²) in [4.78, 5) is 6.48. The first-order valence-electron chi connectivity index (χ1n) is 5.45. The van der Waals surface area contributed by atoms with E-state index < -0.39 is 0 Å². The Morgan fingerprint density at radius 2 is 2.06 bits per heavy atom. The fourth-order valence-corrected chi connectivity index (χ4v) is 2.00. The van der Waals surface area contributed by atoms with Crippen molar-refractivity contribution in [1.82, 2.24) is 4.98 Å². The molecule has 84 valence electrons. The molecule has 2 atom stereocenters. The summed E-state index contributed by atoms with van der Waals surface area (Å²) in [6.07, 6.45) is 2.06. The van der Waals surface area contributed by atoms with E-state index in [-0.39, 0.29) is 12.2 Å². The smallest absolute Gasteiger partial charge is 0.128 e. The van der Waals surface area contributed by atoms with E-state index in [0.717, 1.165) is 18.9 Å². The number of anilines is 1. The number of ether oxygens (including phenoxy) is 1. The normalized spacial score (nSPS) is 25.2. The quantitative estimate of drug-likeness (QED) is 0.716. The molecule has 4 heteroatoms. The van der Waals surface area contributed by atoms with Crippen molar-refractivity contribution in [2.75, 3.05) is 18.0 Å². The van der Waals surface area contributed by atoms with Crippen LogP contribution in [0.2, 0.25) is 0 Å². The number of morpholine rings is 1. The first-order chi connectivity index (χ1) is 7.69. The summed E-state index contributed by atoms with van der Waals surface area (Å²) in [6, 6.07) is 5.76. The molecule has 1 aromatic rings. The van der Waals surface area contributed by atoms with E-state index in [9.17, 15) is 0 Å². The lowest BCUT2D eigenvalue weighted by Crippen LogP contribution is -2.45. The molecule has 0 saturated carbocycles. The molecule has 0 radical (unpaired) electrons. The van der Waals surface area contributed by atoms with Gasteiger partial charge in [-0.15, -0.1) is 0 Å². The topological polar surface area (TPSA) is 49.2 Å². The van der Waals surface area contributed by atoms with Crippen LogP contribution in [-0.4, -0.2) is 30.3 Å². The van der Waals surface area contributed by atoms with E-state index in [4.69, 9.17) is 10.00 Å². The highest BCUT2D eigenvalue weighted by atomic mass is 16.5. The highest BCUT2D eigenvalue weighted by Crippen LogP contribution is 2.18. The predicted molar refractivity (Wildman–Crippen MR) is 61.2 cm³/mol. The second-order valence-electron chi connectivity index (χ2n) is 4.18. The van der Waals surface area contributed by atoms with E-state index in [0.29, 0.717) is 5.56 Å². The van der Waals surface area contributed by atoms with E-state index in [1.54, 1.807) is 12.3 Å². The summed E-state index contributed by atoms with van der Waals surface area (Å²) in [7, 11) is 0. The predicted octanol–water partition coefficient (Wildman–Crippen LogP) is 1.57. The summed E-state index contributed by atoms with van der Waals surface area (Å²) < 4.78 is 5.66. The molecule has 0 N–H and O–H groups in total. The van der Waals surface area contributed by atoms with Crippen LogP contribution < -0.4 is 4.90 Å². The van der Waals surface area contributed by atoms with Gasteiger partial charge in [0.1, 0.15) is 11.9 Å². The summed E-state index contributed by atoms with van der Waals surface area (Å²) in [6.45, 7) is 5.82. The van der Waals surface area contributed by atoms with Crippen LogP contribution in [0.1, 0.15) is 19.4 Å². The van der Waals surface area contributed by atoms with Gasteiger partial charge in [0.25, 0.3) is 0 Å². The summed E-state index contributed by atoms with van der Waals surface area (Å²) in [5.41, 5.74) is 0.595. The van der Waals surface area contributed by atoms with Crippen LogP contribution >= 0.6 is 0 Å². The van der Waals surface area contributed by atoms with Gasteiger partial charge in [0, 0.05) is 19.3 Å². The number of aromatic nitrogens is 1. The van der Waals surface area contributed by atoms with Gasteiger partial charge < -0.3 is 9.64 Å². The van der Waals surface area contributed by atoms with Crippen LogP contribution in [0.4, 0.5) is 5.82 Å². The maximum Gasteiger partial charge on any atom is 0.128 e. The van der Waals surface area contributed by atoms with Crippen LogP contribution in [0, 0.1) is 11.3 Å². The van der Waals surface area contributed by atoms with E-state index in [1.807, 2.05) is 6.07 Å². The molecule has 0 amide bonds. The van der Waals surface area contributed by atoms with Gasteiger partial charge in [-0.2, -0.15) is 5.26 Å². The average molecular weight is 217 g/mol. The van der Waals surface area contributed by atoms with Crippen molar-refractivity contribution in [3.63, 3.8) is 0 Å². The molecule has 16 heavy (non-hydrogen) atoms. The van der Waals surface area contributed by atoms with Gasteiger partial charge in [0.05, 0.1) is 17.8 Å². The molecule has 1 saturated heterocycles. The molecule has 1 aromatic heterocycles. The SMILES string of the molecule is C[C@H]1CN(c2ccc(C#N)cn2)C[C@H](C)O1. The van der Waals surface area contributed by atoms with Gasteiger partial charge in [-0.3, -0.25) is 0 Å². The van der Waals surface area contributed by atoms with Crippen LogP contribution in [-0.2, 0) is 4.74 Å². The van der Waals surface area contributed by atoms with Crippen molar-refractivity contribution in [2.45, 2.75) is 26.1 Å². The molecule has 0 spiro atoms. The third kappa shape index (κ3) is 2.31. The molecule has 4 nitrogen and oxygen atoms in total. The Kier molecular flexibility index (Phi) is 3.07. The zero-order valence-corrected chi connectivity index (χ0v) is 9.55. The molecule has 0 aliphatic carbocycles. The minimum atomic E-state index is 0.223. The molecule has 0 bridgehead atoms. The van der Waals surface area contributed by atoms with Crippen LogP contribution in [0.25, 0.3) is 0 Å². The van der Waals surface area contributed by atoms with Gasteiger partial charge in [-0.1, -0.05) is 0 Å². The van der Waals surface area contributed by atoms with Crippen LogP contribution in [0.5, 0.6) is 0 Å².